The van der Waals surface area contributed by atoms with Gasteiger partial charge in [0.1, 0.15) is 11.4 Å². The number of aliphatic hydroxyl groups excluding tert-OH is 1. The molecule has 1 aliphatic carbocycles. The highest BCUT2D eigenvalue weighted by Gasteiger charge is 2.25. The maximum atomic E-state index is 9.28. The van der Waals surface area contributed by atoms with E-state index in [2.05, 4.69) is 32.1 Å². The summed E-state index contributed by atoms with van der Waals surface area (Å²) >= 11 is 7.70. The van der Waals surface area contributed by atoms with Gasteiger partial charge in [-0.05, 0) is 38.0 Å². The smallest absolute Gasteiger partial charge is 0.223 e. The van der Waals surface area contributed by atoms with Crippen LogP contribution in [0.2, 0.25) is 5.15 Å². The van der Waals surface area contributed by atoms with E-state index in [0.717, 1.165) is 25.0 Å². The van der Waals surface area contributed by atoms with Crippen molar-refractivity contribution in [2.75, 3.05) is 17.7 Å². The maximum Gasteiger partial charge on any atom is 0.223 e. The van der Waals surface area contributed by atoms with Crippen molar-refractivity contribution in [2.24, 2.45) is 5.92 Å². The molecule has 0 saturated heterocycles. The summed E-state index contributed by atoms with van der Waals surface area (Å²) in [5, 5.41) is 15.5. The molecule has 0 radical (unpaired) electrons. The zero-order valence-electron chi connectivity index (χ0n) is 13.2. The summed E-state index contributed by atoms with van der Waals surface area (Å²) in [6.07, 6.45) is 2.84. The van der Waals surface area contributed by atoms with Gasteiger partial charge in [-0.15, -0.1) is 11.3 Å². The lowest BCUT2D eigenvalue weighted by atomic mass is 10.1. The minimum atomic E-state index is 0.106. The van der Waals surface area contributed by atoms with Gasteiger partial charge in [0.25, 0.3) is 0 Å². The van der Waals surface area contributed by atoms with E-state index >= 15 is 0 Å². The van der Waals surface area contributed by atoms with Gasteiger partial charge in [-0.25, -0.2) is 4.98 Å². The topological polar surface area (TPSA) is 97.0 Å². The van der Waals surface area contributed by atoms with Gasteiger partial charge in [0.2, 0.25) is 5.95 Å². The molecule has 0 aromatic carbocycles. The van der Waals surface area contributed by atoms with Crippen LogP contribution in [-0.4, -0.2) is 32.7 Å². The Balaban J connectivity index is 1.87. The molecule has 0 unspecified atom stereocenters. The lowest BCUT2D eigenvalue weighted by Crippen LogP contribution is -2.19. The summed E-state index contributed by atoms with van der Waals surface area (Å²) in [5.74, 6) is 6.98. The first kappa shape index (κ1) is 17.0. The van der Waals surface area contributed by atoms with Crippen molar-refractivity contribution in [1.82, 2.24) is 15.0 Å². The van der Waals surface area contributed by atoms with E-state index in [1.807, 2.05) is 12.3 Å². The molecule has 0 aliphatic heterocycles. The van der Waals surface area contributed by atoms with E-state index in [1.165, 1.54) is 11.3 Å². The van der Waals surface area contributed by atoms with Crippen LogP contribution in [0.4, 0.5) is 11.8 Å². The monoisotopic (exact) mass is 363 g/mol. The van der Waals surface area contributed by atoms with Crippen LogP contribution in [-0.2, 0) is 0 Å². The predicted octanol–water partition coefficient (Wildman–Crippen LogP) is 2.45. The number of nitrogen functional groups attached to an aromatic ring is 1. The summed E-state index contributed by atoms with van der Waals surface area (Å²) < 4.78 is 0. The molecule has 6 nitrogen and oxygen atoms in total. The van der Waals surface area contributed by atoms with Crippen LogP contribution >= 0.6 is 22.9 Å². The molecule has 1 saturated carbocycles. The summed E-state index contributed by atoms with van der Waals surface area (Å²) in [6, 6.07) is 0.218. The number of nitrogens with zero attached hydrogens (tertiary/aromatic N) is 3. The van der Waals surface area contributed by atoms with Crippen molar-refractivity contribution in [3.63, 3.8) is 0 Å². The standard InChI is InChI=1S/C16H18ClN5OS/c1-9-8-24-13(19-9)5-4-12-14(17)21-16(18)22-15(12)20-11-3-2-10(6-11)7-23/h8,10-11,23H,2-3,6-7H2,1H3,(H3,18,20,21,22)/t10-,11+/m1/s1. The lowest BCUT2D eigenvalue weighted by molar-refractivity contribution is 0.229. The number of anilines is 2. The van der Waals surface area contributed by atoms with Gasteiger partial charge in [-0.2, -0.15) is 9.97 Å². The fourth-order valence-electron chi connectivity index (χ4n) is 2.76. The highest BCUT2D eigenvalue weighted by atomic mass is 35.5. The quantitative estimate of drug-likeness (QED) is 0.572. The van der Waals surface area contributed by atoms with E-state index < -0.39 is 0 Å². The maximum absolute atomic E-state index is 9.28. The molecule has 2 aromatic rings. The highest BCUT2D eigenvalue weighted by Crippen LogP contribution is 2.29. The molecule has 0 spiro atoms. The van der Waals surface area contributed by atoms with Crippen LogP contribution in [0, 0.1) is 24.7 Å². The molecule has 1 fully saturated rings. The Morgan fingerprint density at radius 1 is 1.38 bits per heavy atom. The molecule has 3 rings (SSSR count). The average Bonchev–Trinajstić information content (AvgIpc) is 3.15. The molecule has 0 amide bonds. The fraction of sp³-hybridized carbons (Fsp3) is 0.438. The SMILES string of the molecule is Cc1csc(C#Cc2c(Cl)nc(N)nc2N[C@H]2CC[C@@H](CO)C2)n1. The van der Waals surface area contributed by atoms with Crippen molar-refractivity contribution in [3.05, 3.63) is 26.8 Å². The van der Waals surface area contributed by atoms with Gasteiger partial charge < -0.3 is 16.2 Å². The van der Waals surface area contributed by atoms with E-state index in [9.17, 15) is 5.11 Å². The van der Waals surface area contributed by atoms with Crippen LogP contribution in [0.5, 0.6) is 0 Å². The second-order valence-corrected chi connectivity index (χ2v) is 7.06. The Morgan fingerprint density at radius 3 is 2.88 bits per heavy atom. The van der Waals surface area contributed by atoms with Crippen molar-refractivity contribution >= 4 is 34.7 Å². The van der Waals surface area contributed by atoms with E-state index in [4.69, 9.17) is 17.3 Å². The van der Waals surface area contributed by atoms with Crippen LogP contribution in [0.25, 0.3) is 0 Å². The third-order valence-corrected chi connectivity index (χ3v) is 5.08. The van der Waals surface area contributed by atoms with Crippen LogP contribution < -0.4 is 11.1 Å². The average molecular weight is 364 g/mol. The summed E-state index contributed by atoms with van der Waals surface area (Å²) in [7, 11) is 0. The molecular formula is C16H18ClN5OS. The van der Waals surface area contributed by atoms with Crippen molar-refractivity contribution in [2.45, 2.75) is 32.2 Å². The first-order valence-electron chi connectivity index (χ1n) is 7.69. The molecule has 4 N–H and O–H groups in total. The van der Waals surface area contributed by atoms with Gasteiger partial charge in [0.05, 0.1) is 0 Å². The molecule has 2 atom stereocenters. The Labute approximate surface area is 149 Å². The molecule has 0 bridgehead atoms. The molecule has 126 valence electrons. The first-order valence-corrected chi connectivity index (χ1v) is 8.95. The van der Waals surface area contributed by atoms with Crippen molar-refractivity contribution in [3.8, 4) is 11.8 Å². The summed E-state index contributed by atoms with van der Waals surface area (Å²) in [4.78, 5) is 12.6. The molecule has 2 heterocycles. The Morgan fingerprint density at radius 2 is 2.21 bits per heavy atom. The number of hydrogen-bond donors (Lipinski definition) is 3. The predicted molar refractivity (Wildman–Crippen MR) is 96.1 cm³/mol. The van der Waals surface area contributed by atoms with E-state index in [1.54, 1.807) is 0 Å². The number of halogens is 1. The van der Waals surface area contributed by atoms with Crippen molar-refractivity contribution in [1.29, 1.82) is 0 Å². The number of thiazole rings is 1. The normalized spacial score (nSPS) is 19.8. The number of nitrogens with two attached hydrogens (primary N) is 1. The van der Waals surface area contributed by atoms with Crippen LogP contribution in [0.1, 0.15) is 35.5 Å². The molecule has 24 heavy (non-hydrogen) atoms. The lowest BCUT2D eigenvalue weighted by Gasteiger charge is -2.15. The van der Waals surface area contributed by atoms with Gasteiger partial charge in [0.15, 0.2) is 10.2 Å². The van der Waals surface area contributed by atoms with Gasteiger partial charge in [-0.1, -0.05) is 17.5 Å². The van der Waals surface area contributed by atoms with Crippen LogP contribution in [0.3, 0.4) is 0 Å². The first-order chi connectivity index (χ1) is 11.5. The number of aliphatic hydroxyl groups is 1. The molecular weight excluding hydrogens is 346 g/mol. The number of nitrogens with one attached hydrogen (secondary N) is 1. The third kappa shape index (κ3) is 3.96. The number of aromatic nitrogens is 3. The second-order valence-electron chi connectivity index (χ2n) is 5.84. The van der Waals surface area contributed by atoms with Gasteiger partial charge >= 0.3 is 0 Å². The fourth-order valence-corrected chi connectivity index (χ4v) is 3.62. The van der Waals surface area contributed by atoms with Gasteiger partial charge in [0, 0.05) is 23.7 Å². The highest BCUT2D eigenvalue weighted by molar-refractivity contribution is 7.10. The summed E-state index contributed by atoms with van der Waals surface area (Å²) in [5.41, 5.74) is 7.17. The zero-order valence-corrected chi connectivity index (χ0v) is 14.8. The van der Waals surface area contributed by atoms with Crippen molar-refractivity contribution < 1.29 is 5.11 Å². The number of hydrogen-bond acceptors (Lipinski definition) is 7. The van der Waals surface area contributed by atoms with E-state index in [0.29, 0.717) is 22.3 Å². The number of rotatable bonds is 3. The minimum absolute atomic E-state index is 0.106. The Kier molecular flexibility index (Phi) is 5.19. The number of aryl methyl sites for hydroxylation is 1. The van der Waals surface area contributed by atoms with E-state index in [-0.39, 0.29) is 23.8 Å². The molecule has 2 aromatic heterocycles. The Bertz CT molecular complexity index is 797. The summed E-state index contributed by atoms with van der Waals surface area (Å²) in [6.45, 7) is 2.13. The van der Waals surface area contributed by atoms with Gasteiger partial charge in [-0.3, -0.25) is 0 Å². The third-order valence-electron chi connectivity index (χ3n) is 3.94. The second kappa shape index (κ2) is 7.34. The largest absolute Gasteiger partial charge is 0.396 e. The van der Waals surface area contributed by atoms with Crippen LogP contribution in [0.15, 0.2) is 5.38 Å². The zero-order chi connectivity index (χ0) is 17.1. The molecule has 1 aliphatic rings. The Hall–Kier alpha value is -1.88. The minimum Gasteiger partial charge on any atom is -0.396 e. The molecule has 8 heteroatoms.